The first-order chi connectivity index (χ1) is 9.83. The molecule has 1 saturated heterocycles. The highest BCUT2D eigenvalue weighted by Gasteiger charge is 2.22. The largest absolute Gasteiger partial charge is 0.355 e. The number of nitrogens with zero attached hydrogens (tertiary/aromatic N) is 3. The van der Waals surface area contributed by atoms with Crippen LogP contribution in [0.3, 0.4) is 0 Å². The second-order valence-corrected chi connectivity index (χ2v) is 6.78. The van der Waals surface area contributed by atoms with E-state index in [9.17, 15) is 0 Å². The number of aromatic nitrogens is 2. The van der Waals surface area contributed by atoms with E-state index >= 15 is 0 Å². The number of thiazole rings is 1. The van der Waals surface area contributed by atoms with Gasteiger partial charge in [0.1, 0.15) is 0 Å². The fourth-order valence-electron chi connectivity index (χ4n) is 3.27. The molecule has 20 heavy (non-hydrogen) atoms. The molecule has 1 unspecified atom stereocenters. The normalized spacial score (nSPS) is 20.5. The van der Waals surface area contributed by atoms with Gasteiger partial charge in [0.2, 0.25) is 0 Å². The van der Waals surface area contributed by atoms with E-state index in [4.69, 9.17) is 16.6 Å². The van der Waals surface area contributed by atoms with E-state index in [0.717, 1.165) is 35.5 Å². The smallest absolute Gasteiger partial charge is 0.195 e. The Morgan fingerprint density at radius 2 is 2.30 bits per heavy atom. The molecular formula is C15H22ClN3S. The van der Waals surface area contributed by atoms with Crippen LogP contribution in [0, 0.1) is 5.92 Å². The zero-order chi connectivity index (χ0) is 13.9. The van der Waals surface area contributed by atoms with Crippen LogP contribution < -0.4 is 4.90 Å². The average Bonchev–Trinajstić information content (AvgIpc) is 2.94. The van der Waals surface area contributed by atoms with Crippen LogP contribution in [0.5, 0.6) is 0 Å². The van der Waals surface area contributed by atoms with Gasteiger partial charge >= 0.3 is 0 Å². The van der Waals surface area contributed by atoms with Gasteiger partial charge in [0, 0.05) is 24.7 Å². The molecule has 2 aromatic rings. The third-order valence-electron chi connectivity index (χ3n) is 4.31. The molecule has 0 aliphatic carbocycles. The summed E-state index contributed by atoms with van der Waals surface area (Å²) in [6, 6.07) is 0. The Bertz CT molecular complexity index is 562. The molecule has 0 N–H and O–H groups in total. The highest BCUT2D eigenvalue weighted by atomic mass is 35.5. The minimum atomic E-state index is 0.530. The maximum Gasteiger partial charge on any atom is 0.195 e. The molecule has 0 bridgehead atoms. The zero-order valence-electron chi connectivity index (χ0n) is 12.0. The Balaban J connectivity index is 1.81. The highest BCUT2D eigenvalue weighted by molar-refractivity contribution is 7.15. The summed E-state index contributed by atoms with van der Waals surface area (Å²) < 4.78 is 2.14. The maximum atomic E-state index is 6.16. The Morgan fingerprint density at radius 3 is 3.10 bits per heavy atom. The van der Waals surface area contributed by atoms with E-state index in [1.54, 1.807) is 11.3 Å². The average molecular weight is 312 g/mol. The number of anilines is 1. The van der Waals surface area contributed by atoms with Crippen molar-refractivity contribution in [1.82, 2.24) is 9.38 Å². The van der Waals surface area contributed by atoms with Crippen LogP contribution in [0.2, 0.25) is 0 Å². The molecule has 110 valence electrons. The Kier molecular flexibility index (Phi) is 4.51. The van der Waals surface area contributed by atoms with E-state index in [0.29, 0.717) is 5.88 Å². The van der Waals surface area contributed by atoms with Crippen LogP contribution >= 0.6 is 22.9 Å². The lowest BCUT2D eigenvalue weighted by molar-refractivity contribution is 0.435. The molecule has 1 aliphatic heterocycles. The zero-order valence-corrected chi connectivity index (χ0v) is 13.6. The van der Waals surface area contributed by atoms with Crippen molar-refractivity contribution in [2.24, 2.45) is 5.92 Å². The van der Waals surface area contributed by atoms with Gasteiger partial charge < -0.3 is 4.90 Å². The van der Waals surface area contributed by atoms with Crippen molar-refractivity contribution < 1.29 is 0 Å². The number of alkyl halides is 1. The molecule has 0 spiro atoms. The predicted octanol–water partition coefficient (Wildman–Crippen LogP) is 4.54. The topological polar surface area (TPSA) is 20.5 Å². The van der Waals surface area contributed by atoms with E-state index in [1.165, 1.54) is 32.1 Å². The SMILES string of the molecule is CCCC1CCCN(c2nc3sccn3c2CCl)CC1. The van der Waals surface area contributed by atoms with Gasteiger partial charge in [-0.15, -0.1) is 22.9 Å². The number of hydrogen-bond donors (Lipinski definition) is 0. The van der Waals surface area contributed by atoms with Gasteiger partial charge in [-0.2, -0.15) is 0 Å². The molecule has 3 nitrogen and oxygen atoms in total. The maximum absolute atomic E-state index is 6.16. The molecule has 0 saturated carbocycles. The van der Waals surface area contributed by atoms with Gasteiger partial charge in [-0.1, -0.05) is 19.8 Å². The summed E-state index contributed by atoms with van der Waals surface area (Å²) in [6.45, 7) is 4.53. The summed E-state index contributed by atoms with van der Waals surface area (Å²) >= 11 is 7.85. The first-order valence-electron chi connectivity index (χ1n) is 7.58. The molecule has 1 aliphatic rings. The van der Waals surface area contributed by atoms with E-state index in [1.807, 2.05) is 0 Å². The number of imidazole rings is 1. The number of hydrogen-bond acceptors (Lipinski definition) is 3. The third kappa shape index (κ3) is 2.68. The van der Waals surface area contributed by atoms with Crippen molar-refractivity contribution >= 4 is 33.7 Å². The molecule has 0 radical (unpaired) electrons. The van der Waals surface area contributed by atoms with Crippen molar-refractivity contribution in [3.63, 3.8) is 0 Å². The first-order valence-corrected chi connectivity index (χ1v) is 9.00. The van der Waals surface area contributed by atoms with E-state index in [-0.39, 0.29) is 0 Å². The molecule has 3 rings (SSSR count). The second kappa shape index (κ2) is 6.35. The summed E-state index contributed by atoms with van der Waals surface area (Å²) in [4.78, 5) is 8.31. The lowest BCUT2D eigenvalue weighted by Crippen LogP contribution is -2.25. The van der Waals surface area contributed by atoms with Crippen LogP contribution in [0.15, 0.2) is 11.6 Å². The molecule has 0 amide bonds. The van der Waals surface area contributed by atoms with E-state index in [2.05, 4.69) is 27.8 Å². The van der Waals surface area contributed by atoms with Gasteiger partial charge in [-0.3, -0.25) is 4.40 Å². The molecule has 5 heteroatoms. The quantitative estimate of drug-likeness (QED) is 0.773. The number of rotatable bonds is 4. The Morgan fingerprint density at radius 1 is 1.40 bits per heavy atom. The van der Waals surface area contributed by atoms with Crippen LogP contribution in [-0.2, 0) is 5.88 Å². The number of fused-ring (bicyclic) bond motifs is 1. The van der Waals surface area contributed by atoms with Crippen LogP contribution in [0.1, 0.15) is 44.7 Å². The molecular weight excluding hydrogens is 290 g/mol. The van der Waals surface area contributed by atoms with Crippen molar-refractivity contribution in [2.75, 3.05) is 18.0 Å². The van der Waals surface area contributed by atoms with Gasteiger partial charge in [-0.25, -0.2) is 4.98 Å². The second-order valence-electron chi connectivity index (χ2n) is 5.64. The monoisotopic (exact) mass is 311 g/mol. The lowest BCUT2D eigenvalue weighted by atomic mass is 9.96. The van der Waals surface area contributed by atoms with Crippen molar-refractivity contribution in [3.8, 4) is 0 Å². The van der Waals surface area contributed by atoms with Crippen molar-refractivity contribution in [1.29, 1.82) is 0 Å². The Hall–Kier alpha value is -0.740. The fourth-order valence-corrected chi connectivity index (χ4v) is 4.25. The molecule has 0 aromatic carbocycles. The van der Waals surface area contributed by atoms with Crippen LogP contribution in [0.25, 0.3) is 4.96 Å². The molecule has 1 fully saturated rings. The summed E-state index contributed by atoms with van der Waals surface area (Å²) in [6.07, 6.45) is 8.68. The predicted molar refractivity (Wildman–Crippen MR) is 87.1 cm³/mol. The summed E-state index contributed by atoms with van der Waals surface area (Å²) in [5.41, 5.74) is 1.15. The molecule has 1 atom stereocenters. The fraction of sp³-hybridized carbons (Fsp3) is 0.667. The van der Waals surface area contributed by atoms with Gasteiger partial charge in [0.05, 0.1) is 11.6 Å². The third-order valence-corrected chi connectivity index (χ3v) is 5.32. The minimum absolute atomic E-state index is 0.530. The highest BCUT2D eigenvalue weighted by Crippen LogP contribution is 2.30. The standard InChI is InChI=1S/C15H22ClN3S/c1-2-4-12-5-3-7-18(8-6-12)14-13(11-16)19-9-10-20-15(19)17-14/h9-10,12H,2-8,11H2,1H3. The van der Waals surface area contributed by atoms with Crippen molar-refractivity contribution in [3.05, 3.63) is 17.3 Å². The lowest BCUT2D eigenvalue weighted by Gasteiger charge is -2.21. The minimum Gasteiger partial charge on any atom is -0.355 e. The van der Waals surface area contributed by atoms with Gasteiger partial charge in [0.15, 0.2) is 10.8 Å². The summed E-state index contributed by atoms with van der Waals surface area (Å²) in [7, 11) is 0. The van der Waals surface area contributed by atoms with Crippen LogP contribution in [-0.4, -0.2) is 22.5 Å². The summed E-state index contributed by atoms with van der Waals surface area (Å²) in [5.74, 6) is 2.54. The Labute approximate surface area is 129 Å². The molecule has 3 heterocycles. The van der Waals surface area contributed by atoms with Crippen molar-refractivity contribution in [2.45, 2.75) is 44.9 Å². The van der Waals surface area contributed by atoms with Gasteiger partial charge in [-0.05, 0) is 25.2 Å². The molecule has 2 aromatic heterocycles. The van der Waals surface area contributed by atoms with E-state index < -0.39 is 0 Å². The van der Waals surface area contributed by atoms with Crippen LogP contribution in [0.4, 0.5) is 5.82 Å². The van der Waals surface area contributed by atoms with Gasteiger partial charge in [0.25, 0.3) is 0 Å². The number of halogens is 1. The summed E-state index contributed by atoms with van der Waals surface area (Å²) in [5, 5.41) is 2.07. The first kappa shape index (κ1) is 14.2.